The molecule has 0 aromatic rings. The Morgan fingerprint density at radius 1 is 0.667 bits per heavy atom. The Kier molecular flexibility index (Phi) is 4.27. The molecular weight excluding hydrogens is 426 g/mol. The van der Waals surface area contributed by atoms with E-state index in [1.807, 2.05) is 12.7 Å². The predicted octanol–water partition coefficient (Wildman–Crippen LogP) is 0.811. The summed E-state index contributed by atoms with van der Waals surface area (Å²) in [6.45, 7) is 0. The van der Waals surface area contributed by atoms with E-state index in [-0.39, 0.29) is 0 Å². The molecule has 94 valence electrons. The Hall–Kier alpha value is 0.580. The number of rotatable bonds is 3. The average Bonchev–Trinajstić information content (AvgIpc) is 2.01. The average molecular weight is 426 g/mol. The molecule has 0 nitrogen and oxygen atoms in total. The van der Waals surface area contributed by atoms with Crippen LogP contribution in [0.25, 0.3) is 0 Å². The fraction of sp³-hybridized carbons (Fsp3) is 1.00. The molecular formula is C4BrF9I-. The molecule has 0 atom stereocenters. The summed E-state index contributed by atoms with van der Waals surface area (Å²) < 4.78 is 102. The zero-order valence-electron chi connectivity index (χ0n) is 6.16. The quantitative estimate of drug-likeness (QED) is 0.357. The number of alkyl halides is 10. The summed E-state index contributed by atoms with van der Waals surface area (Å²) >= 11 is -1.15. The molecule has 0 aliphatic heterocycles. The molecule has 0 saturated heterocycles. The van der Waals surface area contributed by atoms with Crippen LogP contribution >= 0.6 is 12.7 Å². The Bertz CT molecular complexity index is 233. The molecule has 0 rings (SSSR count). The molecule has 0 bridgehead atoms. The molecule has 0 radical (unpaired) electrons. The van der Waals surface area contributed by atoms with Gasteiger partial charge in [0.25, 0.3) is 0 Å². The molecule has 0 heterocycles. The Balaban J connectivity index is 5.38. The standard InChI is InChI=1S/C4BrF9I/c5-15-4(13,14)2(8,9)1(6,7)3(10,11)12/q-1. The Morgan fingerprint density at radius 2 is 1.00 bits per heavy atom. The van der Waals surface area contributed by atoms with Crippen LogP contribution in [-0.2, 0) is 0 Å². The molecule has 0 aliphatic carbocycles. The van der Waals surface area contributed by atoms with Crippen molar-refractivity contribution in [1.29, 1.82) is 0 Å². The van der Waals surface area contributed by atoms with Gasteiger partial charge in [-0.05, 0) is 0 Å². The SMILES string of the molecule is FC(F)(F)C(F)(F)C(F)(F)C(F)(F)[I-]Br. The van der Waals surface area contributed by atoms with Crippen LogP contribution in [-0.4, -0.2) is 22.0 Å². The summed E-state index contributed by atoms with van der Waals surface area (Å²) in [5, 5.41) is 0. The molecule has 15 heavy (non-hydrogen) atoms. The molecule has 0 aliphatic rings. The van der Waals surface area contributed by atoms with Gasteiger partial charge < -0.3 is 0 Å². The molecule has 0 aromatic heterocycles. The summed E-state index contributed by atoms with van der Waals surface area (Å²) in [7, 11) is 0. The maximum absolute atomic E-state index is 12.3. The molecule has 0 N–H and O–H groups in total. The number of halogens is 11. The topological polar surface area (TPSA) is 0 Å². The minimum absolute atomic E-state index is 1.85. The zero-order chi connectivity index (χ0) is 12.7. The van der Waals surface area contributed by atoms with E-state index < -0.39 is 40.9 Å². The Morgan fingerprint density at radius 3 is 1.20 bits per heavy atom. The molecule has 0 amide bonds. The van der Waals surface area contributed by atoms with Crippen molar-refractivity contribution >= 4 is 12.7 Å². The van der Waals surface area contributed by atoms with Crippen molar-refractivity contribution in [3.63, 3.8) is 0 Å². The monoisotopic (exact) mass is 425 g/mol. The van der Waals surface area contributed by atoms with Crippen molar-refractivity contribution in [2.75, 3.05) is 0 Å². The minimum atomic E-state index is -6.77. The van der Waals surface area contributed by atoms with E-state index in [0.29, 0.717) is 0 Å². The number of hydrogen-bond acceptors (Lipinski definition) is 0. The van der Waals surface area contributed by atoms with Gasteiger partial charge in [-0.25, -0.2) is 0 Å². The second-order valence-electron chi connectivity index (χ2n) is 2.22. The third-order valence-electron chi connectivity index (χ3n) is 1.20. The van der Waals surface area contributed by atoms with Crippen LogP contribution in [0.2, 0.25) is 0 Å². The third kappa shape index (κ3) is 2.47. The fourth-order valence-corrected chi connectivity index (χ4v) is 2.26. The van der Waals surface area contributed by atoms with Crippen LogP contribution in [0.3, 0.4) is 0 Å². The van der Waals surface area contributed by atoms with Crippen LogP contribution in [0.5, 0.6) is 0 Å². The van der Waals surface area contributed by atoms with E-state index in [0.717, 1.165) is 0 Å². The van der Waals surface area contributed by atoms with Gasteiger partial charge in [0.15, 0.2) is 0 Å². The fourth-order valence-electron chi connectivity index (χ4n) is 0.401. The Labute approximate surface area is 93.2 Å². The first-order valence-corrected chi connectivity index (χ1v) is 8.70. The van der Waals surface area contributed by atoms with Gasteiger partial charge in [-0.2, -0.15) is 0 Å². The van der Waals surface area contributed by atoms with Gasteiger partial charge in [0, 0.05) is 0 Å². The van der Waals surface area contributed by atoms with Gasteiger partial charge in [-0.3, -0.25) is 0 Å². The summed E-state index contributed by atoms with van der Waals surface area (Å²) in [6, 6.07) is 0. The first kappa shape index (κ1) is 15.6. The normalized spacial score (nSPS) is 15.9. The van der Waals surface area contributed by atoms with Crippen LogP contribution in [0.15, 0.2) is 0 Å². The van der Waals surface area contributed by atoms with Gasteiger partial charge in [0.05, 0.1) is 0 Å². The van der Waals surface area contributed by atoms with E-state index >= 15 is 0 Å². The summed E-state index contributed by atoms with van der Waals surface area (Å²) in [5.41, 5.74) is 0. The van der Waals surface area contributed by atoms with E-state index in [1.54, 1.807) is 0 Å². The van der Waals surface area contributed by atoms with E-state index in [1.165, 1.54) is 0 Å². The first-order chi connectivity index (χ1) is 6.31. The molecule has 0 aromatic carbocycles. The van der Waals surface area contributed by atoms with Crippen molar-refractivity contribution in [3.8, 4) is 0 Å². The predicted molar refractivity (Wildman–Crippen MR) is 29.8 cm³/mol. The van der Waals surface area contributed by atoms with Crippen LogP contribution in [0.1, 0.15) is 0 Å². The molecule has 0 fully saturated rings. The van der Waals surface area contributed by atoms with Crippen LogP contribution in [0, 0.1) is 0 Å². The van der Waals surface area contributed by atoms with Crippen LogP contribution < -0.4 is 19.0 Å². The van der Waals surface area contributed by atoms with Gasteiger partial charge >= 0.3 is 93.1 Å². The van der Waals surface area contributed by atoms with Crippen molar-refractivity contribution in [3.05, 3.63) is 0 Å². The van der Waals surface area contributed by atoms with E-state index in [9.17, 15) is 39.5 Å². The molecule has 0 saturated carbocycles. The molecule has 0 spiro atoms. The van der Waals surface area contributed by atoms with Gasteiger partial charge in [-0.1, -0.05) is 0 Å². The van der Waals surface area contributed by atoms with E-state index in [2.05, 4.69) is 0 Å². The maximum atomic E-state index is 12.3. The van der Waals surface area contributed by atoms with Crippen molar-refractivity contribution in [1.82, 2.24) is 0 Å². The van der Waals surface area contributed by atoms with Crippen LogP contribution in [0.4, 0.5) is 39.5 Å². The van der Waals surface area contributed by atoms with Crippen molar-refractivity contribution < 1.29 is 58.5 Å². The van der Waals surface area contributed by atoms with Gasteiger partial charge in [0.2, 0.25) is 0 Å². The summed E-state index contributed by atoms with van der Waals surface area (Å²) in [6.07, 6.45) is -6.73. The summed E-state index contributed by atoms with van der Waals surface area (Å²) in [4.78, 5) is 0. The third-order valence-corrected chi connectivity index (χ3v) is 4.91. The number of hydrogen-bond donors (Lipinski definition) is 0. The second kappa shape index (κ2) is 4.11. The van der Waals surface area contributed by atoms with Crippen molar-refractivity contribution in [2.24, 2.45) is 0 Å². The molecule has 11 heteroatoms. The second-order valence-corrected chi connectivity index (χ2v) is 5.99. The van der Waals surface area contributed by atoms with Crippen molar-refractivity contribution in [2.45, 2.75) is 22.0 Å². The van der Waals surface area contributed by atoms with Gasteiger partial charge in [0.1, 0.15) is 0 Å². The molecule has 0 unspecified atom stereocenters. The first-order valence-electron chi connectivity index (χ1n) is 2.78. The zero-order valence-corrected chi connectivity index (χ0v) is 9.90. The summed E-state index contributed by atoms with van der Waals surface area (Å²) in [5.74, 6) is -13.2. The van der Waals surface area contributed by atoms with E-state index in [4.69, 9.17) is 0 Å². The van der Waals surface area contributed by atoms with Gasteiger partial charge in [-0.15, -0.1) is 0 Å².